The zero-order valence-corrected chi connectivity index (χ0v) is 10.5. The van der Waals surface area contributed by atoms with E-state index in [0.717, 1.165) is 6.61 Å². The topological polar surface area (TPSA) is 47.6 Å². The molecule has 0 rings (SSSR count). The van der Waals surface area contributed by atoms with Crippen LogP contribution in [-0.4, -0.2) is 38.9 Å². The van der Waals surface area contributed by atoms with Gasteiger partial charge in [-0.2, -0.15) is 0 Å². The summed E-state index contributed by atoms with van der Waals surface area (Å²) in [5.74, 6) is 0.215. The summed E-state index contributed by atoms with van der Waals surface area (Å²) in [4.78, 5) is 11.2. The van der Waals surface area contributed by atoms with Crippen LogP contribution in [0.4, 0.5) is 0 Å². The van der Waals surface area contributed by atoms with E-state index in [1.165, 1.54) is 0 Å². The lowest BCUT2D eigenvalue weighted by Gasteiger charge is -2.09. The quantitative estimate of drug-likeness (QED) is 0.368. The highest BCUT2D eigenvalue weighted by Crippen LogP contribution is 1.93. The highest BCUT2D eigenvalue weighted by atomic mass is 16.5. The minimum absolute atomic E-state index is 0.335. The molecule has 1 N–H and O–H groups in total. The van der Waals surface area contributed by atoms with Crippen molar-refractivity contribution in [1.29, 1.82) is 0 Å². The molecule has 4 nitrogen and oxygen atoms in total. The van der Waals surface area contributed by atoms with Crippen molar-refractivity contribution in [2.24, 2.45) is 5.92 Å². The summed E-state index contributed by atoms with van der Waals surface area (Å²) in [7, 11) is 0. The minimum atomic E-state index is -0.335. The second kappa shape index (κ2) is 9.36. The number of hydrogen-bond donors (Lipinski definition) is 1. The van der Waals surface area contributed by atoms with Crippen molar-refractivity contribution < 1.29 is 14.3 Å². The highest BCUT2D eigenvalue weighted by molar-refractivity contribution is 5.88. The van der Waals surface area contributed by atoms with Gasteiger partial charge in [0.05, 0.1) is 13.2 Å². The molecule has 0 spiro atoms. The average Bonchev–Trinajstić information content (AvgIpc) is 2.22. The van der Waals surface area contributed by atoms with Crippen LogP contribution in [0.2, 0.25) is 0 Å². The first-order valence-electron chi connectivity index (χ1n) is 5.71. The third-order valence-electron chi connectivity index (χ3n) is 1.78. The average molecular weight is 229 g/mol. The fourth-order valence-electron chi connectivity index (χ4n) is 1.01. The smallest absolute Gasteiger partial charge is 0.334 e. The van der Waals surface area contributed by atoms with E-state index in [2.05, 4.69) is 25.7 Å². The summed E-state index contributed by atoms with van der Waals surface area (Å²) in [5, 5.41) is 3.07. The molecular formula is C12H23NO3. The Hall–Kier alpha value is -0.870. The SMILES string of the molecule is C=C(CNCCOCC(C)C)C(=O)OCC. The first-order valence-corrected chi connectivity index (χ1v) is 5.71. The Labute approximate surface area is 98.0 Å². The number of hydrogen-bond acceptors (Lipinski definition) is 4. The van der Waals surface area contributed by atoms with Gasteiger partial charge in [-0.3, -0.25) is 0 Å². The van der Waals surface area contributed by atoms with Crippen molar-refractivity contribution in [3.05, 3.63) is 12.2 Å². The van der Waals surface area contributed by atoms with E-state index < -0.39 is 0 Å². The van der Waals surface area contributed by atoms with E-state index in [1.807, 2.05) is 0 Å². The van der Waals surface area contributed by atoms with Crippen molar-refractivity contribution in [3.8, 4) is 0 Å². The largest absolute Gasteiger partial charge is 0.463 e. The summed E-state index contributed by atoms with van der Waals surface area (Å²) in [6, 6.07) is 0. The van der Waals surface area contributed by atoms with Gasteiger partial charge >= 0.3 is 5.97 Å². The van der Waals surface area contributed by atoms with Crippen LogP contribution in [0.15, 0.2) is 12.2 Å². The standard InChI is InChI=1S/C12H23NO3/c1-5-16-12(14)11(4)8-13-6-7-15-9-10(2)3/h10,13H,4-9H2,1-3H3. The third-order valence-corrected chi connectivity index (χ3v) is 1.78. The minimum Gasteiger partial charge on any atom is -0.463 e. The van der Waals surface area contributed by atoms with Crippen molar-refractivity contribution in [2.45, 2.75) is 20.8 Å². The van der Waals surface area contributed by atoms with Crippen LogP contribution >= 0.6 is 0 Å². The number of nitrogens with one attached hydrogen (secondary N) is 1. The number of esters is 1. The molecule has 0 aromatic carbocycles. The zero-order valence-electron chi connectivity index (χ0n) is 10.5. The summed E-state index contributed by atoms with van der Waals surface area (Å²) in [5.41, 5.74) is 0.450. The van der Waals surface area contributed by atoms with Gasteiger partial charge in [0.2, 0.25) is 0 Å². The molecule has 0 aliphatic heterocycles. The van der Waals surface area contributed by atoms with Gasteiger partial charge in [0.25, 0.3) is 0 Å². The first-order chi connectivity index (χ1) is 7.57. The van der Waals surface area contributed by atoms with Gasteiger partial charge in [-0.1, -0.05) is 20.4 Å². The van der Waals surface area contributed by atoms with Gasteiger partial charge in [0.15, 0.2) is 0 Å². The summed E-state index contributed by atoms with van der Waals surface area (Å²) in [6.45, 7) is 12.6. The van der Waals surface area contributed by atoms with E-state index in [1.54, 1.807) is 6.92 Å². The van der Waals surface area contributed by atoms with Crippen molar-refractivity contribution in [3.63, 3.8) is 0 Å². The Bertz CT molecular complexity index is 214. The second-order valence-electron chi connectivity index (χ2n) is 3.97. The van der Waals surface area contributed by atoms with Gasteiger partial charge in [0, 0.05) is 25.3 Å². The van der Waals surface area contributed by atoms with E-state index >= 15 is 0 Å². The number of carbonyl (C=O) groups is 1. The molecule has 0 saturated heterocycles. The molecule has 0 unspecified atom stereocenters. The van der Waals surface area contributed by atoms with Crippen LogP contribution in [0.25, 0.3) is 0 Å². The lowest BCUT2D eigenvalue weighted by Crippen LogP contribution is -2.25. The molecule has 0 atom stereocenters. The van der Waals surface area contributed by atoms with Crippen molar-refractivity contribution in [2.75, 3.05) is 32.9 Å². The predicted molar refractivity (Wildman–Crippen MR) is 64.3 cm³/mol. The van der Waals surface area contributed by atoms with Crippen LogP contribution in [0.1, 0.15) is 20.8 Å². The van der Waals surface area contributed by atoms with Gasteiger partial charge in [-0.25, -0.2) is 4.79 Å². The summed E-state index contributed by atoms with van der Waals surface area (Å²) >= 11 is 0. The Morgan fingerprint density at radius 2 is 2.12 bits per heavy atom. The maximum absolute atomic E-state index is 11.2. The lowest BCUT2D eigenvalue weighted by atomic mass is 10.2. The molecule has 0 saturated carbocycles. The molecule has 0 amide bonds. The molecule has 0 aliphatic carbocycles. The van der Waals surface area contributed by atoms with Crippen molar-refractivity contribution >= 4 is 5.97 Å². The van der Waals surface area contributed by atoms with Gasteiger partial charge < -0.3 is 14.8 Å². The third kappa shape index (κ3) is 8.44. The number of ether oxygens (including phenoxy) is 2. The molecule has 94 valence electrons. The van der Waals surface area contributed by atoms with Gasteiger partial charge in [0.1, 0.15) is 0 Å². The molecule has 0 aliphatic rings. The zero-order chi connectivity index (χ0) is 12.4. The molecule has 0 bridgehead atoms. The fraction of sp³-hybridized carbons (Fsp3) is 0.750. The molecule has 4 heteroatoms. The number of rotatable bonds is 9. The summed E-state index contributed by atoms with van der Waals surface area (Å²) < 4.78 is 10.2. The van der Waals surface area contributed by atoms with Crippen LogP contribution in [-0.2, 0) is 14.3 Å². The van der Waals surface area contributed by atoms with Crippen molar-refractivity contribution in [1.82, 2.24) is 5.32 Å². The monoisotopic (exact) mass is 229 g/mol. The maximum Gasteiger partial charge on any atom is 0.334 e. The Balaban J connectivity index is 3.38. The predicted octanol–water partition coefficient (Wildman–Crippen LogP) is 1.37. The molecule has 0 aromatic rings. The lowest BCUT2D eigenvalue weighted by molar-refractivity contribution is -0.138. The molecule has 0 fully saturated rings. The highest BCUT2D eigenvalue weighted by Gasteiger charge is 2.06. The summed E-state index contributed by atoms with van der Waals surface area (Å²) in [6.07, 6.45) is 0. The Morgan fingerprint density at radius 1 is 1.44 bits per heavy atom. The Morgan fingerprint density at radius 3 is 2.69 bits per heavy atom. The van der Waals surface area contributed by atoms with Crippen LogP contribution in [0, 0.1) is 5.92 Å². The Kier molecular flexibility index (Phi) is 8.85. The molecule has 16 heavy (non-hydrogen) atoms. The van der Waals surface area contributed by atoms with E-state index in [4.69, 9.17) is 9.47 Å². The maximum atomic E-state index is 11.2. The van der Waals surface area contributed by atoms with Crippen LogP contribution in [0.3, 0.4) is 0 Å². The van der Waals surface area contributed by atoms with Crippen LogP contribution < -0.4 is 5.32 Å². The molecular weight excluding hydrogens is 206 g/mol. The number of carbonyl (C=O) groups excluding carboxylic acids is 1. The van der Waals surface area contributed by atoms with Gasteiger partial charge in [-0.15, -0.1) is 0 Å². The molecule has 0 aromatic heterocycles. The van der Waals surface area contributed by atoms with E-state index in [0.29, 0.717) is 37.8 Å². The van der Waals surface area contributed by atoms with Gasteiger partial charge in [-0.05, 0) is 12.8 Å². The van der Waals surface area contributed by atoms with Crippen LogP contribution in [0.5, 0.6) is 0 Å². The first kappa shape index (κ1) is 15.1. The fourth-order valence-corrected chi connectivity index (χ4v) is 1.01. The molecule has 0 heterocycles. The van der Waals surface area contributed by atoms with E-state index in [9.17, 15) is 4.79 Å². The second-order valence-corrected chi connectivity index (χ2v) is 3.97. The normalized spacial score (nSPS) is 10.5. The van der Waals surface area contributed by atoms with E-state index in [-0.39, 0.29) is 5.97 Å². The molecule has 0 radical (unpaired) electrons.